The van der Waals surface area contributed by atoms with Gasteiger partial charge in [0.1, 0.15) is 5.75 Å². The quantitative estimate of drug-likeness (QED) is 0.917. The first-order valence-electron chi connectivity index (χ1n) is 8.63. The molecule has 1 N–H and O–H groups in total. The normalized spacial score (nSPS) is 18.0. The van der Waals surface area contributed by atoms with Crippen LogP contribution in [0.25, 0.3) is 0 Å². The summed E-state index contributed by atoms with van der Waals surface area (Å²) in [5, 5.41) is 3.00. The second-order valence-electron chi connectivity index (χ2n) is 6.49. The van der Waals surface area contributed by atoms with E-state index in [-0.39, 0.29) is 11.9 Å². The molecule has 0 spiro atoms. The van der Waals surface area contributed by atoms with Gasteiger partial charge in [0.2, 0.25) is 0 Å². The van der Waals surface area contributed by atoms with Crippen molar-refractivity contribution in [2.24, 2.45) is 5.92 Å². The van der Waals surface area contributed by atoms with Gasteiger partial charge in [-0.05, 0) is 49.4 Å². The van der Waals surface area contributed by atoms with Gasteiger partial charge in [-0.1, -0.05) is 0 Å². The third kappa shape index (κ3) is 4.19. The van der Waals surface area contributed by atoms with E-state index in [9.17, 15) is 9.59 Å². The highest BCUT2D eigenvalue weighted by Crippen LogP contribution is 2.27. The summed E-state index contributed by atoms with van der Waals surface area (Å²) >= 11 is 0. The molecule has 6 heteroatoms. The fourth-order valence-electron chi connectivity index (χ4n) is 2.91. The zero-order chi connectivity index (χ0) is 16.9. The van der Waals surface area contributed by atoms with E-state index in [1.807, 2.05) is 9.80 Å². The predicted octanol–water partition coefficient (Wildman–Crippen LogP) is 1.96. The fraction of sp³-hybridized carbons (Fsp3) is 0.556. The molecule has 130 valence electrons. The lowest BCUT2D eigenvalue weighted by molar-refractivity contribution is 0.0762. The van der Waals surface area contributed by atoms with Gasteiger partial charge in [0.05, 0.1) is 7.11 Å². The first-order valence-corrected chi connectivity index (χ1v) is 8.63. The zero-order valence-corrected chi connectivity index (χ0v) is 14.2. The number of benzene rings is 1. The molecule has 1 aromatic rings. The second-order valence-corrected chi connectivity index (χ2v) is 6.49. The molecule has 0 atom stereocenters. The monoisotopic (exact) mass is 331 g/mol. The number of nitrogens with zero attached hydrogens (tertiary/aromatic N) is 2. The molecule has 1 saturated carbocycles. The highest BCUT2D eigenvalue weighted by Gasteiger charge is 2.25. The Hall–Kier alpha value is -2.24. The van der Waals surface area contributed by atoms with E-state index in [2.05, 4.69) is 5.32 Å². The third-order valence-corrected chi connectivity index (χ3v) is 4.65. The number of hydrogen-bond donors (Lipinski definition) is 1. The van der Waals surface area contributed by atoms with E-state index in [1.54, 1.807) is 31.4 Å². The van der Waals surface area contributed by atoms with Gasteiger partial charge < -0.3 is 19.9 Å². The minimum atomic E-state index is 0.000599. The van der Waals surface area contributed by atoms with Gasteiger partial charge in [-0.25, -0.2) is 4.79 Å². The third-order valence-electron chi connectivity index (χ3n) is 4.65. The number of amides is 3. The topological polar surface area (TPSA) is 61.9 Å². The summed E-state index contributed by atoms with van der Waals surface area (Å²) < 4.78 is 5.12. The molecule has 0 aromatic heterocycles. The molecule has 3 amide bonds. The Bertz CT molecular complexity index is 584. The molecule has 2 aliphatic rings. The maximum atomic E-state index is 12.6. The van der Waals surface area contributed by atoms with Crippen LogP contribution < -0.4 is 10.1 Å². The summed E-state index contributed by atoms with van der Waals surface area (Å²) in [5.74, 6) is 1.42. The first-order chi connectivity index (χ1) is 11.7. The van der Waals surface area contributed by atoms with Gasteiger partial charge in [0.25, 0.3) is 5.91 Å². The summed E-state index contributed by atoms with van der Waals surface area (Å²) in [6.45, 7) is 3.31. The van der Waals surface area contributed by atoms with Crippen molar-refractivity contribution in [2.75, 3.05) is 39.8 Å². The van der Waals surface area contributed by atoms with Gasteiger partial charge in [-0.2, -0.15) is 0 Å². The average Bonchev–Trinajstić information content (AvgIpc) is 3.45. The molecule has 2 fully saturated rings. The van der Waals surface area contributed by atoms with Crippen molar-refractivity contribution < 1.29 is 14.3 Å². The molecule has 3 rings (SSSR count). The summed E-state index contributed by atoms with van der Waals surface area (Å²) in [6.07, 6.45) is 3.26. The van der Waals surface area contributed by atoms with Crippen molar-refractivity contribution in [3.05, 3.63) is 29.8 Å². The maximum absolute atomic E-state index is 12.6. The van der Waals surface area contributed by atoms with Crippen LogP contribution in [0.2, 0.25) is 0 Å². The van der Waals surface area contributed by atoms with Crippen molar-refractivity contribution in [1.29, 1.82) is 0 Å². The standard InChI is InChI=1S/C18H25N3O3/c1-24-16-7-5-15(6-8-16)17(22)20-9-2-10-21(12-11-20)18(23)19-13-14-3-4-14/h5-8,14H,2-4,9-13H2,1H3,(H,19,23). The SMILES string of the molecule is COc1ccc(C(=O)N2CCCN(C(=O)NCC3CC3)CC2)cc1. The number of urea groups is 1. The van der Waals surface area contributed by atoms with Crippen molar-refractivity contribution in [2.45, 2.75) is 19.3 Å². The van der Waals surface area contributed by atoms with Crippen molar-refractivity contribution in [3.8, 4) is 5.75 Å². The molecule has 1 aliphatic carbocycles. The lowest BCUT2D eigenvalue weighted by Gasteiger charge is -2.22. The van der Waals surface area contributed by atoms with E-state index < -0.39 is 0 Å². The summed E-state index contributed by atoms with van der Waals surface area (Å²) in [5.41, 5.74) is 0.655. The van der Waals surface area contributed by atoms with Crippen LogP contribution in [0.4, 0.5) is 4.79 Å². The lowest BCUT2D eigenvalue weighted by atomic mass is 10.2. The minimum Gasteiger partial charge on any atom is -0.497 e. The lowest BCUT2D eigenvalue weighted by Crippen LogP contribution is -2.43. The van der Waals surface area contributed by atoms with E-state index in [4.69, 9.17) is 4.74 Å². The van der Waals surface area contributed by atoms with Crippen LogP contribution in [0.5, 0.6) is 5.75 Å². The van der Waals surface area contributed by atoms with Gasteiger partial charge in [0, 0.05) is 38.3 Å². The highest BCUT2D eigenvalue weighted by molar-refractivity contribution is 5.94. The molecule has 1 aliphatic heterocycles. The predicted molar refractivity (Wildman–Crippen MR) is 91.2 cm³/mol. The fourth-order valence-corrected chi connectivity index (χ4v) is 2.91. The van der Waals surface area contributed by atoms with Gasteiger partial charge in [-0.15, -0.1) is 0 Å². The van der Waals surface area contributed by atoms with E-state index in [1.165, 1.54) is 12.8 Å². The second kappa shape index (κ2) is 7.55. The van der Waals surface area contributed by atoms with Crippen LogP contribution in [0.1, 0.15) is 29.6 Å². The summed E-state index contributed by atoms with van der Waals surface area (Å²) in [6, 6.07) is 7.16. The Morgan fingerprint density at radius 2 is 1.75 bits per heavy atom. The molecule has 1 heterocycles. The van der Waals surface area contributed by atoms with Gasteiger partial charge >= 0.3 is 6.03 Å². The Morgan fingerprint density at radius 1 is 1.08 bits per heavy atom. The van der Waals surface area contributed by atoms with Crippen LogP contribution in [0.15, 0.2) is 24.3 Å². The number of methoxy groups -OCH3 is 1. The number of carbonyl (C=O) groups is 2. The average molecular weight is 331 g/mol. The molecule has 0 bridgehead atoms. The van der Waals surface area contributed by atoms with Crippen molar-refractivity contribution >= 4 is 11.9 Å². The summed E-state index contributed by atoms with van der Waals surface area (Å²) in [4.78, 5) is 28.5. The molecule has 0 radical (unpaired) electrons. The number of nitrogens with one attached hydrogen (secondary N) is 1. The Kier molecular flexibility index (Phi) is 5.23. The van der Waals surface area contributed by atoms with Gasteiger partial charge in [-0.3, -0.25) is 4.79 Å². The molecular formula is C18H25N3O3. The van der Waals surface area contributed by atoms with Gasteiger partial charge in [0.15, 0.2) is 0 Å². The number of carbonyl (C=O) groups excluding carboxylic acids is 2. The summed E-state index contributed by atoms with van der Waals surface area (Å²) in [7, 11) is 1.61. The Labute approximate surface area is 142 Å². The number of rotatable bonds is 4. The van der Waals surface area contributed by atoms with Crippen LogP contribution in [-0.2, 0) is 0 Å². The molecule has 0 unspecified atom stereocenters. The van der Waals surface area contributed by atoms with E-state index >= 15 is 0 Å². The minimum absolute atomic E-state index is 0.000599. The Morgan fingerprint density at radius 3 is 2.42 bits per heavy atom. The molecule has 1 saturated heterocycles. The maximum Gasteiger partial charge on any atom is 0.317 e. The molecule has 24 heavy (non-hydrogen) atoms. The number of ether oxygens (including phenoxy) is 1. The zero-order valence-electron chi connectivity index (χ0n) is 14.2. The van der Waals surface area contributed by atoms with E-state index in [0.29, 0.717) is 37.7 Å². The Balaban J connectivity index is 1.53. The van der Waals surface area contributed by atoms with Crippen molar-refractivity contribution in [3.63, 3.8) is 0 Å². The van der Waals surface area contributed by atoms with Crippen LogP contribution in [-0.4, -0.2) is 61.6 Å². The molecule has 6 nitrogen and oxygen atoms in total. The molecular weight excluding hydrogens is 306 g/mol. The van der Waals surface area contributed by atoms with Crippen molar-refractivity contribution in [1.82, 2.24) is 15.1 Å². The van der Waals surface area contributed by atoms with Crippen LogP contribution in [0.3, 0.4) is 0 Å². The highest BCUT2D eigenvalue weighted by atomic mass is 16.5. The molecule has 1 aromatic carbocycles. The smallest absolute Gasteiger partial charge is 0.317 e. The van der Waals surface area contributed by atoms with Crippen LogP contribution >= 0.6 is 0 Å². The first kappa shape index (κ1) is 16.6. The largest absolute Gasteiger partial charge is 0.497 e. The van der Waals surface area contributed by atoms with E-state index in [0.717, 1.165) is 18.7 Å². The number of hydrogen-bond acceptors (Lipinski definition) is 3. The van der Waals surface area contributed by atoms with Crippen LogP contribution in [0, 0.1) is 5.92 Å².